The van der Waals surface area contributed by atoms with Crippen molar-refractivity contribution in [1.82, 2.24) is 19.3 Å². The molecule has 11 heteroatoms. The molecule has 0 radical (unpaired) electrons. The molecular weight excluding hydrogens is 543 g/mol. The number of alkyl halides is 3. The van der Waals surface area contributed by atoms with Gasteiger partial charge in [0.25, 0.3) is 5.56 Å². The molecule has 0 aliphatic carbocycles. The molecule has 0 amide bonds. The van der Waals surface area contributed by atoms with Gasteiger partial charge in [-0.2, -0.15) is 18.3 Å². The van der Waals surface area contributed by atoms with Crippen LogP contribution >= 0.6 is 0 Å². The van der Waals surface area contributed by atoms with Crippen LogP contribution in [-0.2, 0) is 19.3 Å². The average molecular weight is 574 g/mol. The summed E-state index contributed by atoms with van der Waals surface area (Å²) >= 11 is 0. The van der Waals surface area contributed by atoms with Gasteiger partial charge in [0.05, 0.1) is 13.1 Å². The van der Waals surface area contributed by atoms with Crippen molar-refractivity contribution >= 4 is 40.0 Å². The van der Waals surface area contributed by atoms with Gasteiger partial charge in [-0.1, -0.05) is 42.3 Å². The Morgan fingerprint density at radius 3 is 2.57 bits per heavy atom. The second-order valence-corrected chi connectivity index (χ2v) is 10.6. The first-order chi connectivity index (χ1) is 20.2. The summed E-state index contributed by atoms with van der Waals surface area (Å²) in [5, 5.41) is 3.91. The van der Waals surface area contributed by atoms with E-state index in [4.69, 9.17) is 5.73 Å². The minimum absolute atomic E-state index is 0.00826. The Bertz CT molecular complexity index is 1830. The topological polar surface area (TPSA) is 85.2 Å². The van der Waals surface area contributed by atoms with E-state index in [2.05, 4.69) is 21.9 Å². The Morgan fingerprint density at radius 2 is 1.83 bits per heavy atom. The van der Waals surface area contributed by atoms with E-state index in [9.17, 15) is 18.0 Å². The third-order valence-corrected chi connectivity index (χ3v) is 7.81. The number of hydrogen-bond acceptors (Lipinski definition) is 6. The number of nitrogens with two attached hydrogens (primary N) is 1. The summed E-state index contributed by atoms with van der Waals surface area (Å²) in [6.45, 7) is 2.46. The molecule has 2 aliphatic rings. The fourth-order valence-electron chi connectivity index (χ4n) is 5.84. The van der Waals surface area contributed by atoms with E-state index in [1.807, 2.05) is 71.5 Å². The minimum atomic E-state index is -4.85. The molecule has 2 aliphatic heterocycles. The van der Waals surface area contributed by atoms with E-state index in [0.29, 0.717) is 18.7 Å². The minimum Gasteiger partial charge on any atom is -0.344 e. The number of anilines is 3. The third kappa shape index (κ3) is 4.81. The molecule has 0 saturated carbocycles. The molecule has 1 fully saturated rings. The van der Waals surface area contributed by atoms with Gasteiger partial charge in [0.1, 0.15) is 11.0 Å². The molecule has 216 valence electrons. The van der Waals surface area contributed by atoms with Crippen LogP contribution in [0.3, 0.4) is 0 Å². The second-order valence-electron chi connectivity index (χ2n) is 10.6. The van der Waals surface area contributed by atoms with E-state index in [1.165, 1.54) is 4.57 Å². The SMILES string of the molecule is CC#CCn1c(N2CCCC(N)C2)nc2c(C(F)(F)F)nn(CC3=Cc4ccccc4N(C)c4ccccc43)c(=O)c21. The van der Waals surface area contributed by atoms with Crippen molar-refractivity contribution in [1.29, 1.82) is 0 Å². The van der Waals surface area contributed by atoms with Gasteiger partial charge in [-0.15, -0.1) is 5.92 Å². The van der Waals surface area contributed by atoms with Crippen molar-refractivity contribution in [2.45, 2.75) is 45.1 Å². The predicted molar refractivity (Wildman–Crippen MR) is 158 cm³/mol. The van der Waals surface area contributed by atoms with Crippen LogP contribution in [0.15, 0.2) is 53.3 Å². The number of para-hydroxylation sites is 2. The number of halogens is 3. The smallest absolute Gasteiger partial charge is 0.344 e. The summed E-state index contributed by atoms with van der Waals surface area (Å²) in [4.78, 5) is 22.3. The number of aromatic nitrogens is 4. The molecule has 0 bridgehead atoms. The number of allylic oxidation sites excluding steroid dienone is 1. The number of imidazole rings is 1. The Kier molecular flexibility index (Phi) is 7.02. The highest BCUT2D eigenvalue weighted by molar-refractivity contribution is 5.95. The zero-order chi connectivity index (χ0) is 29.6. The van der Waals surface area contributed by atoms with Crippen LogP contribution in [-0.4, -0.2) is 45.5 Å². The van der Waals surface area contributed by atoms with Gasteiger partial charge >= 0.3 is 6.18 Å². The van der Waals surface area contributed by atoms with Crippen molar-refractivity contribution in [3.8, 4) is 11.8 Å². The van der Waals surface area contributed by atoms with Gasteiger partial charge in [-0.05, 0) is 49.1 Å². The van der Waals surface area contributed by atoms with E-state index in [0.717, 1.165) is 40.0 Å². The molecule has 1 saturated heterocycles. The number of fused-ring (bicyclic) bond motifs is 3. The monoisotopic (exact) mass is 573 g/mol. The molecule has 1 unspecified atom stereocenters. The summed E-state index contributed by atoms with van der Waals surface area (Å²) in [6.07, 6.45) is -1.37. The molecule has 2 N–H and O–H groups in total. The highest BCUT2D eigenvalue weighted by Crippen LogP contribution is 2.39. The number of rotatable bonds is 4. The zero-order valence-corrected chi connectivity index (χ0v) is 23.3. The maximum absolute atomic E-state index is 14.5. The van der Waals surface area contributed by atoms with Crippen molar-refractivity contribution in [3.05, 3.63) is 75.7 Å². The van der Waals surface area contributed by atoms with Crippen LogP contribution in [0.1, 0.15) is 36.6 Å². The molecule has 8 nitrogen and oxygen atoms in total. The van der Waals surface area contributed by atoms with E-state index in [-0.39, 0.29) is 30.6 Å². The zero-order valence-electron chi connectivity index (χ0n) is 23.3. The molecule has 4 aromatic rings. The Labute approximate surface area is 240 Å². The number of hydrogen-bond donors (Lipinski definition) is 1. The van der Waals surface area contributed by atoms with Gasteiger partial charge in [0.2, 0.25) is 5.95 Å². The van der Waals surface area contributed by atoms with E-state index in [1.54, 1.807) is 6.92 Å². The van der Waals surface area contributed by atoms with Gasteiger partial charge in [0.15, 0.2) is 5.69 Å². The van der Waals surface area contributed by atoms with Crippen LogP contribution in [0.2, 0.25) is 0 Å². The Balaban J connectivity index is 1.58. The molecule has 4 heterocycles. The van der Waals surface area contributed by atoms with Crippen molar-refractivity contribution in [2.75, 3.05) is 29.9 Å². The summed E-state index contributed by atoms with van der Waals surface area (Å²) in [5.41, 5.74) is 7.80. The molecular formula is C31H30F3N7O. The van der Waals surface area contributed by atoms with Crippen molar-refractivity contribution < 1.29 is 13.2 Å². The van der Waals surface area contributed by atoms with Crippen LogP contribution in [0.5, 0.6) is 0 Å². The molecule has 2 aromatic heterocycles. The van der Waals surface area contributed by atoms with Crippen LogP contribution in [0.4, 0.5) is 30.5 Å². The fourth-order valence-corrected chi connectivity index (χ4v) is 5.84. The second kappa shape index (κ2) is 10.7. The first-order valence-electron chi connectivity index (χ1n) is 13.8. The Hall–Kier alpha value is -4.56. The first kappa shape index (κ1) is 27.6. The number of piperidine rings is 1. The van der Waals surface area contributed by atoms with Crippen LogP contribution < -0.4 is 21.1 Å². The molecule has 42 heavy (non-hydrogen) atoms. The van der Waals surface area contributed by atoms with Crippen molar-refractivity contribution in [2.24, 2.45) is 5.73 Å². The van der Waals surface area contributed by atoms with Crippen LogP contribution in [0.25, 0.3) is 22.7 Å². The summed E-state index contributed by atoms with van der Waals surface area (Å²) in [7, 11) is 1.94. The summed E-state index contributed by atoms with van der Waals surface area (Å²) < 4.78 is 46.0. The summed E-state index contributed by atoms with van der Waals surface area (Å²) in [5.74, 6) is 5.94. The highest BCUT2D eigenvalue weighted by Gasteiger charge is 2.39. The lowest BCUT2D eigenvalue weighted by molar-refractivity contribution is -0.141. The normalized spacial score (nSPS) is 16.8. The van der Waals surface area contributed by atoms with Gasteiger partial charge in [0, 0.05) is 43.1 Å². The van der Waals surface area contributed by atoms with E-state index >= 15 is 0 Å². The van der Waals surface area contributed by atoms with Crippen LogP contribution in [0, 0.1) is 11.8 Å². The van der Waals surface area contributed by atoms with E-state index < -0.39 is 22.9 Å². The molecule has 1 atom stereocenters. The number of nitrogens with zero attached hydrogens (tertiary/aromatic N) is 6. The maximum atomic E-state index is 14.5. The van der Waals surface area contributed by atoms with Gasteiger partial charge in [-0.3, -0.25) is 9.36 Å². The lowest BCUT2D eigenvalue weighted by Crippen LogP contribution is -2.44. The predicted octanol–water partition coefficient (Wildman–Crippen LogP) is 4.88. The molecule has 2 aromatic carbocycles. The quantitative estimate of drug-likeness (QED) is 0.350. The molecule has 6 rings (SSSR count). The fraction of sp³-hybridized carbons (Fsp3) is 0.323. The van der Waals surface area contributed by atoms with Crippen molar-refractivity contribution in [3.63, 3.8) is 0 Å². The van der Waals surface area contributed by atoms with Gasteiger partial charge in [-0.25, -0.2) is 9.67 Å². The lowest BCUT2D eigenvalue weighted by atomic mass is 10.0. The lowest BCUT2D eigenvalue weighted by Gasteiger charge is -2.31. The Morgan fingerprint density at radius 1 is 1.10 bits per heavy atom. The maximum Gasteiger partial charge on any atom is 0.437 e. The van der Waals surface area contributed by atoms with Gasteiger partial charge < -0.3 is 15.5 Å². The average Bonchev–Trinajstić information content (AvgIpc) is 3.30. The molecule has 0 spiro atoms. The summed E-state index contributed by atoms with van der Waals surface area (Å²) in [6, 6.07) is 15.2. The standard InChI is InChI=1S/C31H30F3N7O/c1-3-4-16-40-27-26(36-30(40)39-15-9-11-22(35)19-39)28(31(32,33)34)37-41(29(27)42)18-21-17-20-10-5-7-13-24(20)38(2)25-14-8-6-12-23(21)25/h5-8,10,12-14,17,22H,9,11,15-16,18-19,35H2,1-2H3. The third-order valence-electron chi connectivity index (χ3n) is 7.81. The largest absolute Gasteiger partial charge is 0.437 e. The highest BCUT2D eigenvalue weighted by atomic mass is 19.4. The first-order valence-corrected chi connectivity index (χ1v) is 13.8. The number of benzene rings is 2.